The van der Waals surface area contributed by atoms with Crippen LogP contribution < -0.4 is 0 Å². The summed E-state index contributed by atoms with van der Waals surface area (Å²) in [6.45, 7) is -1.01. The molecule has 1 aliphatic heterocycles. The molecule has 18 heavy (non-hydrogen) atoms. The van der Waals surface area contributed by atoms with Gasteiger partial charge >= 0.3 is 5.97 Å². The molecule has 0 aromatic heterocycles. The Morgan fingerprint density at radius 1 is 1.22 bits per heavy atom. The quantitative estimate of drug-likeness (QED) is 0.294. The molecule has 0 bridgehead atoms. The van der Waals surface area contributed by atoms with Crippen molar-refractivity contribution in [1.29, 1.82) is 0 Å². The molecule has 1 unspecified atom stereocenters. The molecule has 9 nitrogen and oxygen atoms in total. The highest BCUT2D eigenvalue weighted by Gasteiger charge is 2.47. The first kappa shape index (κ1) is 15.2. The van der Waals surface area contributed by atoms with Crippen LogP contribution in [-0.2, 0) is 14.3 Å². The predicted molar refractivity (Wildman–Crippen MR) is 53.4 cm³/mol. The molecule has 0 aromatic carbocycles. The van der Waals surface area contributed by atoms with E-state index in [2.05, 4.69) is 0 Å². The van der Waals surface area contributed by atoms with Crippen molar-refractivity contribution in [3.8, 4) is 0 Å². The zero-order valence-corrected chi connectivity index (χ0v) is 9.29. The highest BCUT2D eigenvalue weighted by atomic mass is 16.7. The number of rotatable bonds is 5. The minimum absolute atomic E-state index is 0.423. The van der Waals surface area contributed by atoms with Gasteiger partial charge in [0.15, 0.2) is 12.4 Å². The SMILES string of the molecule is O=C(O)[C@H]1O[C@@H](OCC(O)CO)[C@H](O)[C@@H](O)[C@@H]1O. The van der Waals surface area contributed by atoms with Gasteiger partial charge in [-0.15, -0.1) is 0 Å². The molecule has 1 saturated heterocycles. The average molecular weight is 268 g/mol. The van der Waals surface area contributed by atoms with E-state index in [1.807, 2.05) is 0 Å². The first-order valence-corrected chi connectivity index (χ1v) is 5.21. The Kier molecular flexibility index (Phi) is 5.41. The average Bonchev–Trinajstić information content (AvgIpc) is 2.34. The fourth-order valence-corrected chi connectivity index (χ4v) is 1.45. The number of carboxylic acids is 1. The van der Waals surface area contributed by atoms with Crippen molar-refractivity contribution in [1.82, 2.24) is 0 Å². The Morgan fingerprint density at radius 2 is 1.83 bits per heavy atom. The van der Waals surface area contributed by atoms with Gasteiger partial charge < -0.3 is 40.1 Å². The van der Waals surface area contributed by atoms with Crippen LogP contribution in [0.15, 0.2) is 0 Å². The van der Waals surface area contributed by atoms with Crippen LogP contribution in [0.2, 0.25) is 0 Å². The van der Waals surface area contributed by atoms with E-state index in [0.29, 0.717) is 0 Å². The van der Waals surface area contributed by atoms with E-state index >= 15 is 0 Å². The predicted octanol–water partition coefficient (Wildman–Crippen LogP) is -3.75. The fourth-order valence-electron chi connectivity index (χ4n) is 1.45. The summed E-state index contributed by atoms with van der Waals surface area (Å²) in [6.07, 6.45) is -9.71. The Bertz CT molecular complexity index is 283. The molecular formula is C9H16O9. The number of aliphatic carboxylic acids is 1. The van der Waals surface area contributed by atoms with E-state index in [-0.39, 0.29) is 0 Å². The van der Waals surface area contributed by atoms with Crippen molar-refractivity contribution < 1.29 is 44.9 Å². The highest BCUT2D eigenvalue weighted by molar-refractivity contribution is 5.73. The van der Waals surface area contributed by atoms with Crippen LogP contribution >= 0.6 is 0 Å². The molecule has 6 N–H and O–H groups in total. The van der Waals surface area contributed by atoms with Crippen molar-refractivity contribution in [3.63, 3.8) is 0 Å². The van der Waals surface area contributed by atoms with Gasteiger partial charge in [-0.2, -0.15) is 0 Å². The summed E-state index contributed by atoms with van der Waals surface area (Å²) >= 11 is 0. The topological polar surface area (TPSA) is 157 Å². The maximum atomic E-state index is 10.7. The monoisotopic (exact) mass is 268 g/mol. The summed E-state index contributed by atoms with van der Waals surface area (Å²) in [6, 6.07) is 0. The molecule has 0 spiro atoms. The van der Waals surface area contributed by atoms with Crippen LogP contribution in [0.25, 0.3) is 0 Å². The van der Waals surface area contributed by atoms with Crippen LogP contribution in [-0.4, -0.2) is 86.6 Å². The first-order chi connectivity index (χ1) is 8.38. The molecule has 1 heterocycles. The van der Waals surface area contributed by atoms with E-state index in [1.54, 1.807) is 0 Å². The molecule has 1 aliphatic rings. The van der Waals surface area contributed by atoms with Gasteiger partial charge in [0, 0.05) is 0 Å². The van der Waals surface area contributed by atoms with Crippen molar-refractivity contribution >= 4 is 5.97 Å². The van der Waals surface area contributed by atoms with E-state index in [0.717, 1.165) is 0 Å². The standard InChI is InChI=1S/C9H16O9/c10-1-3(11)2-17-9-6(14)4(12)5(13)7(18-9)8(15)16/h3-7,9-14H,1-2H2,(H,15,16)/t3?,4-,5-,6+,7-,9+/m0/s1. The zero-order valence-electron chi connectivity index (χ0n) is 9.29. The van der Waals surface area contributed by atoms with Crippen LogP contribution in [0.1, 0.15) is 0 Å². The van der Waals surface area contributed by atoms with Gasteiger partial charge in [-0.1, -0.05) is 0 Å². The summed E-state index contributed by atoms with van der Waals surface area (Å²) in [7, 11) is 0. The minimum Gasteiger partial charge on any atom is -0.479 e. The molecule has 9 heteroatoms. The van der Waals surface area contributed by atoms with E-state index in [4.69, 9.17) is 24.8 Å². The number of hydrogen-bond acceptors (Lipinski definition) is 8. The number of carbonyl (C=O) groups is 1. The molecule has 0 saturated carbocycles. The lowest BCUT2D eigenvalue weighted by Gasteiger charge is -2.38. The van der Waals surface area contributed by atoms with Crippen LogP contribution in [0, 0.1) is 0 Å². The van der Waals surface area contributed by atoms with Crippen LogP contribution in [0.3, 0.4) is 0 Å². The Balaban J connectivity index is 2.64. The third-order valence-electron chi connectivity index (χ3n) is 2.48. The molecule has 0 aliphatic carbocycles. The number of carboxylic acid groups (broad SMARTS) is 1. The maximum absolute atomic E-state index is 10.7. The maximum Gasteiger partial charge on any atom is 0.335 e. The smallest absolute Gasteiger partial charge is 0.335 e. The summed E-state index contributed by atoms with van der Waals surface area (Å²) in [5, 5.41) is 54.6. The molecule has 106 valence electrons. The van der Waals surface area contributed by atoms with E-state index < -0.39 is 56.0 Å². The van der Waals surface area contributed by atoms with Crippen molar-refractivity contribution in [2.75, 3.05) is 13.2 Å². The number of hydrogen-bond donors (Lipinski definition) is 6. The number of aliphatic hydroxyl groups excluding tert-OH is 5. The summed E-state index contributed by atoms with van der Waals surface area (Å²) in [5.74, 6) is -1.52. The molecule has 1 rings (SSSR count). The lowest BCUT2D eigenvalue weighted by atomic mass is 9.99. The van der Waals surface area contributed by atoms with Crippen LogP contribution in [0.5, 0.6) is 0 Å². The van der Waals surface area contributed by atoms with Crippen molar-refractivity contribution in [2.45, 2.75) is 36.8 Å². The van der Waals surface area contributed by atoms with Crippen molar-refractivity contribution in [3.05, 3.63) is 0 Å². The third kappa shape index (κ3) is 3.36. The molecule has 0 radical (unpaired) electrons. The van der Waals surface area contributed by atoms with Gasteiger partial charge in [0.25, 0.3) is 0 Å². The second-order valence-electron chi connectivity index (χ2n) is 3.90. The molecular weight excluding hydrogens is 252 g/mol. The van der Waals surface area contributed by atoms with E-state index in [9.17, 15) is 20.1 Å². The lowest BCUT2D eigenvalue weighted by Crippen LogP contribution is -2.60. The van der Waals surface area contributed by atoms with Gasteiger partial charge in [0.05, 0.1) is 13.2 Å². The minimum atomic E-state index is -1.79. The number of aliphatic hydroxyl groups is 5. The fraction of sp³-hybridized carbons (Fsp3) is 0.889. The third-order valence-corrected chi connectivity index (χ3v) is 2.48. The second-order valence-corrected chi connectivity index (χ2v) is 3.90. The summed E-state index contributed by atoms with van der Waals surface area (Å²) in [5.41, 5.74) is 0. The molecule has 1 fully saturated rings. The highest BCUT2D eigenvalue weighted by Crippen LogP contribution is 2.22. The lowest BCUT2D eigenvalue weighted by molar-refractivity contribution is -0.297. The molecule has 0 aromatic rings. The summed E-state index contributed by atoms with van der Waals surface area (Å²) < 4.78 is 9.59. The zero-order chi connectivity index (χ0) is 13.9. The molecule has 0 amide bonds. The van der Waals surface area contributed by atoms with Gasteiger partial charge in [-0.05, 0) is 0 Å². The normalized spacial score (nSPS) is 38.4. The van der Waals surface area contributed by atoms with Gasteiger partial charge in [-0.3, -0.25) is 0 Å². The first-order valence-electron chi connectivity index (χ1n) is 5.21. The second kappa shape index (κ2) is 6.38. The van der Waals surface area contributed by atoms with Crippen LogP contribution in [0.4, 0.5) is 0 Å². The number of ether oxygens (including phenoxy) is 2. The summed E-state index contributed by atoms with van der Waals surface area (Å²) in [4.78, 5) is 10.7. The molecule has 6 atom stereocenters. The van der Waals surface area contributed by atoms with E-state index in [1.165, 1.54) is 0 Å². The Morgan fingerprint density at radius 3 is 2.33 bits per heavy atom. The Labute approximate surface area is 102 Å². The van der Waals surface area contributed by atoms with Gasteiger partial charge in [0.2, 0.25) is 0 Å². The Hall–Kier alpha value is -0.810. The van der Waals surface area contributed by atoms with Gasteiger partial charge in [-0.25, -0.2) is 4.79 Å². The van der Waals surface area contributed by atoms with Crippen molar-refractivity contribution in [2.24, 2.45) is 0 Å². The van der Waals surface area contributed by atoms with Gasteiger partial charge in [0.1, 0.15) is 24.4 Å². The largest absolute Gasteiger partial charge is 0.479 e.